The van der Waals surface area contributed by atoms with Crippen LogP contribution in [0.1, 0.15) is 24.8 Å². The molecule has 1 saturated carbocycles. The number of fused-ring (bicyclic) bond motifs is 1. The first-order chi connectivity index (χ1) is 12.2. The van der Waals surface area contributed by atoms with Crippen LogP contribution in [-0.2, 0) is 9.53 Å². The van der Waals surface area contributed by atoms with Gasteiger partial charge in [0.05, 0.1) is 12.1 Å². The van der Waals surface area contributed by atoms with Crippen molar-refractivity contribution < 1.29 is 13.9 Å². The fourth-order valence-electron chi connectivity index (χ4n) is 3.39. The number of hydrogen-bond donors (Lipinski definition) is 1. The summed E-state index contributed by atoms with van der Waals surface area (Å²) in [7, 11) is 3.45. The Morgan fingerprint density at radius 3 is 3.12 bits per heavy atom. The van der Waals surface area contributed by atoms with Crippen LogP contribution in [0, 0.1) is 0 Å². The van der Waals surface area contributed by atoms with Crippen LogP contribution in [0.25, 0.3) is 17.2 Å². The number of hydrogen-bond acceptors (Lipinski definition) is 6. The van der Waals surface area contributed by atoms with Crippen LogP contribution in [0.15, 0.2) is 39.7 Å². The maximum atomic E-state index is 12.5. The minimum absolute atomic E-state index is 0.132. The van der Waals surface area contributed by atoms with Crippen molar-refractivity contribution in [3.8, 4) is 0 Å². The van der Waals surface area contributed by atoms with Gasteiger partial charge in [0.1, 0.15) is 11.2 Å². The molecule has 1 aromatic carbocycles. The predicted octanol–water partition coefficient (Wildman–Crippen LogP) is 2.15. The van der Waals surface area contributed by atoms with Crippen molar-refractivity contribution in [2.45, 2.75) is 31.4 Å². The van der Waals surface area contributed by atoms with Crippen molar-refractivity contribution in [3.05, 3.63) is 35.9 Å². The first kappa shape index (κ1) is 15.8. The largest absolute Gasteiger partial charge is 0.443 e. The van der Waals surface area contributed by atoms with Gasteiger partial charge >= 0.3 is 0 Å². The highest BCUT2D eigenvalue weighted by atomic mass is 16.5. The summed E-state index contributed by atoms with van der Waals surface area (Å²) >= 11 is 0. The molecule has 0 radical (unpaired) electrons. The second-order valence-electron chi connectivity index (χ2n) is 6.36. The molecule has 1 aromatic heterocycles. The molecule has 25 heavy (non-hydrogen) atoms. The van der Waals surface area contributed by atoms with Crippen LogP contribution in [-0.4, -0.2) is 48.1 Å². The normalized spacial score (nSPS) is 25.2. The zero-order valence-corrected chi connectivity index (χ0v) is 14.2. The molecule has 7 nitrogen and oxygen atoms in total. The number of nitrogens with one attached hydrogen (secondary N) is 1. The van der Waals surface area contributed by atoms with Crippen molar-refractivity contribution in [1.82, 2.24) is 15.2 Å². The standard InChI is InChI=1S/C18H20N4O3/c1-22-17(23)14(8-11-6-7-12-16(9-11)25-10-19-12)21-18(22)20-13-4-3-5-15(13)24-2/h6-10,13,15H,3-5H2,1-2H3,(H,20,21)/b14-8-/t13-,15-/m0/s1. The number of carbonyl (C=O) groups excluding carboxylic acids is 1. The number of aliphatic imine (C=N–C) groups is 1. The van der Waals surface area contributed by atoms with Crippen LogP contribution >= 0.6 is 0 Å². The summed E-state index contributed by atoms with van der Waals surface area (Å²) in [6.07, 6.45) is 6.48. The molecule has 0 spiro atoms. The summed E-state index contributed by atoms with van der Waals surface area (Å²) in [6.45, 7) is 0. The number of aromatic nitrogens is 1. The molecule has 130 valence electrons. The summed E-state index contributed by atoms with van der Waals surface area (Å²) < 4.78 is 10.8. The van der Waals surface area contributed by atoms with Crippen LogP contribution < -0.4 is 5.32 Å². The molecule has 0 saturated heterocycles. The Labute approximate surface area is 145 Å². The van der Waals surface area contributed by atoms with Gasteiger partial charge in [0, 0.05) is 14.2 Å². The molecule has 1 aliphatic heterocycles. The van der Waals surface area contributed by atoms with Crippen molar-refractivity contribution in [3.63, 3.8) is 0 Å². The van der Waals surface area contributed by atoms with E-state index in [1.54, 1.807) is 25.1 Å². The average Bonchev–Trinajstić information content (AvgIpc) is 3.32. The van der Waals surface area contributed by atoms with E-state index in [4.69, 9.17) is 9.15 Å². The van der Waals surface area contributed by atoms with Crippen LogP contribution in [0.3, 0.4) is 0 Å². The molecule has 1 amide bonds. The Morgan fingerprint density at radius 1 is 1.40 bits per heavy atom. The Kier molecular flexibility index (Phi) is 4.01. The lowest BCUT2D eigenvalue weighted by molar-refractivity contribution is -0.121. The number of oxazole rings is 1. The molecule has 0 unspecified atom stereocenters. The summed E-state index contributed by atoms with van der Waals surface area (Å²) in [4.78, 5) is 22.6. The van der Waals surface area contributed by atoms with E-state index in [9.17, 15) is 4.79 Å². The van der Waals surface area contributed by atoms with E-state index < -0.39 is 0 Å². The highest BCUT2D eigenvalue weighted by Crippen LogP contribution is 2.24. The fraction of sp³-hybridized carbons (Fsp3) is 0.389. The number of amides is 1. The minimum Gasteiger partial charge on any atom is -0.443 e. The lowest BCUT2D eigenvalue weighted by Crippen LogP contribution is -2.46. The van der Waals surface area contributed by atoms with Gasteiger partial charge in [0.15, 0.2) is 12.0 Å². The van der Waals surface area contributed by atoms with E-state index >= 15 is 0 Å². The van der Waals surface area contributed by atoms with E-state index in [2.05, 4.69) is 15.3 Å². The van der Waals surface area contributed by atoms with Crippen molar-refractivity contribution in [2.75, 3.05) is 14.2 Å². The van der Waals surface area contributed by atoms with Gasteiger partial charge in [-0.25, -0.2) is 9.98 Å². The number of nitrogens with zero attached hydrogens (tertiary/aromatic N) is 3. The molecule has 7 heteroatoms. The van der Waals surface area contributed by atoms with Gasteiger partial charge in [-0.1, -0.05) is 6.07 Å². The highest BCUT2D eigenvalue weighted by Gasteiger charge is 2.33. The fourth-order valence-corrected chi connectivity index (χ4v) is 3.39. The molecule has 1 aliphatic carbocycles. The number of guanidine groups is 1. The summed E-state index contributed by atoms with van der Waals surface area (Å²) in [5.74, 6) is 0.443. The van der Waals surface area contributed by atoms with E-state index in [0.29, 0.717) is 17.2 Å². The smallest absolute Gasteiger partial charge is 0.279 e. The summed E-state index contributed by atoms with van der Waals surface area (Å²) in [5.41, 5.74) is 2.72. The molecule has 2 heterocycles. The first-order valence-electron chi connectivity index (χ1n) is 8.37. The Hall–Kier alpha value is -2.67. The number of benzene rings is 1. The minimum atomic E-state index is -0.132. The lowest BCUT2D eigenvalue weighted by atomic mass is 10.1. The molecule has 1 fully saturated rings. The highest BCUT2D eigenvalue weighted by molar-refractivity contribution is 6.13. The van der Waals surface area contributed by atoms with E-state index in [1.165, 1.54) is 6.39 Å². The van der Waals surface area contributed by atoms with Gasteiger partial charge in [-0.3, -0.25) is 9.69 Å². The molecule has 2 aliphatic rings. The van der Waals surface area contributed by atoms with Crippen LogP contribution in [0.5, 0.6) is 0 Å². The Bertz CT molecular complexity index is 870. The van der Waals surface area contributed by atoms with Gasteiger partial charge in [-0.15, -0.1) is 0 Å². The van der Waals surface area contributed by atoms with E-state index in [0.717, 1.165) is 30.3 Å². The number of methoxy groups -OCH3 is 1. The molecule has 1 N–H and O–H groups in total. The molecular formula is C18H20N4O3. The number of likely N-dealkylation sites (N-methyl/N-ethyl adjacent to an activating group) is 1. The topological polar surface area (TPSA) is 80.0 Å². The van der Waals surface area contributed by atoms with Gasteiger partial charge in [0.25, 0.3) is 5.91 Å². The van der Waals surface area contributed by atoms with Gasteiger partial charge in [0.2, 0.25) is 5.96 Å². The third-order valence-electron chi connectivity index (χ3n) is 4.80. The van der Waals surface area contributed by atoms with Crippen LogP contribution in [0.2, 0.25) is 0 Å². The maximum absolute atomic E-state index is 12.5. The monoisotopic (exact) mass is 340 g/mol. The molecule has 2 aromatic rings. The Morgan fingerprint density at radius 2 is 2.28 bits per heavy atom. The zero-order chi connectivity index (χ0) is 17.4. The molecule has 0 bridgehead atoms. The van der Waals surface area contributed by atoms with Gasteiger partial charge < -0.3 is 14.5 Å². The lowest BCUT2D eigenvalue weighted by Gasteiger charge is -2.22. The van der Waals surface area contributed by atoms with Crippen LogP contribution in [0.4, 0.5) is 0 Å². The predicted molar refractivity (Wildman–Crippen MR) is 93.8 cm³/mol. The zero-order valence-electron chi connectivity index (χ0n) is 14.2. The van der Waals surface area contributed by atoms with E-state index in [1.807, 2.05) is 18.2 Å². The number of ether oxygens (including phenoxy) is 1. The maximum Gasteiger partial charge on any atom is 0.279 e. The van der Waals surface area contributed by atoms with Gasteiger partial charge in [-0.05, 0) is 43.0 Å². The van der Waals surface area contributed by atoms with Gasteiger partial charge in [-0.2, -0.15) is 0 Å². The molecule has 4 rings (SSSR count). The second kappa shape index (κ2) is 6.33. The molecule has 2 atom stereocenters. The third-order valence-corrected chi connectivity index (χ3v) is 4.80. The van der Waals surface area contributed by atoms with Crippen molar-refractivity contribution in [2.24, 2.45) is 4.99 Å². The number of carbonyl (C=O) groups is 1. The third kappa shape index (κ3) is 2.91. The second-order valence-corrected chi connectivity index (χ2v) is 6.36. The van der Waals surface area contributed by atoms with Crippen molar-refractivity contribution >= 4 is 29.0 Å². The summed E-state index contributed by atoms with van der Waals surface area (Å²) in [6, 6.07) is 5.79. The first-order valence-corrected chi connectivity index (χ1v) is 8.37. The number of rotatable bonds is 3. The average molecular weight is 340 g/mol. The quantitative estimate of drug-likeness (QED) is 0.866. The SMILES string of the molecule is CO[C@H]1CCC[C@@H]1NC1=N/C(=C\c2ccc3ncoc3c2)C(=O)N1C. The van der Waals surface area contributed by atoms with E-state index in [-0.39, 0.29) is 18.1 Å². The summed E-state index contributed by atoms with van der Waals surface area (Å²) in [5, 5.41) is 3.36. The Balaban J connectivity index is 1.58. The molecular weight excluding hydrogens is 320 g/mol. The van der Waals surface area contributed by atoms with Crippen molar-refractivity contribution in [1.29, 1.82) is 0 Å².